The smallest absolute Gasteiger partial charge is 0.0450 e. The molecule has 0 rings (SSSR count). The second kappa shape index (κ2) is 5.06. The van der Waals surface area contributed by atoms with E-state index in [9.17, 15) is 0 Å². The van der Waals surface area contributed by atoms with Crippen molar-refractivity contribution in [3.05, 3.63) is 0 Å². The van der Waals surface area contributed by atoms with Crippen molar-refractivity contribution < 1.29 is 0 Å². The molecular formula is C11H26Si. The minimum absolute atomic E-state index is 0.532. The van der Waals surface area contributed by atoms with Gasteiger partial charge >= 0.3 is 0 Å². The van der Waals surface area contributed by atoms with Crippen molar-refractivity contribution in [3.63, 3.8) is 0 Å². The summed E-state index contributed by atoms with van der Waals surface area (Å²) in [5.74, 6) is 0.881. The first-order chi connectivity index (χ1) is 5.37. The van der Waals surface area contributed by atoms with E-state index in [4.69, 9.17) is 0 Å². The van der Waals surface area contributed by atoms with Gasteiger partial charge in [-0.25, -0.2) is 0 Å². The largest absolute Gasteiger partial charge is 0.0654 e. The van der Waals surface area contributed by atoms with Crippen molar-refractivity contribution in [1.82, 2.24) is 0 Å². The molecule has 0 aromatic carbocycles. The Balaban J connectivity index is 4.30. The predicted molar refractivity (Wildman–Crippen MR) is 61.6 cm³/mol. The molecule has 0 bridgehead atoms. The molecule has 0 aromatic heterocycles. The predicted octanol–water partition coefficient (Wildman–Crippen LogP) is 4.08. The minimum Gasteiger partial charge on any atom is -0.0654 e. The van der Waals surface area contributed by atoms with Crippen LogP contribution < -0.4 is 0 Å². The molecule has 0 saturated carbocycles. The van der Waals surface area contributed by atoms with E-state index >= 15 is 0 Å². The molecule has 0 nitrogen and oxygen atoms in total. The lowest BCUT2D eigenvalue weighted by Crippen LogP contribution is -2.28. The molecule has 0 aromatic rings. The number of rotatable bonds is 4. The van der Waals surface area contributed by atoms with Gasteiger partial charge in [0.15, 0.2) is 0 Å². The van der Waals surface area contributed by atoms with E-state index in [1.54, 1.807) is 0 Å². The van der Waals surface area contributed by atoms with Crippen LogP contribution in [0.5, 0.6) is 0 Å². The molecular weight excluding hydrogens is 160 g/mol. The van der Waals surface area contributed by atoms with Crippen molar-refractivity contribution in [2.24, 2.45) is 5.92 Å². The fourth-order valence-electron chi connectivity index (χ4n) is 2.43. The SMILES string of the molecule is CC(C)C(C)[SiH](C(C)C)C(C)C. The van der Waals surface area contributed by atoms with Gasteiger partial charge in [0, 0.05) is 8.80 Å². The molecule has 0 spiro atoms. The summed E-state index contributed by atoms with van der Waals surface area (Å²) in [6, 6.07) is 0. The first-order valence-electron chi connectivity index (χ1n) is 5.37. The third-order valence-corrected chi connectivity index (χ3v) is 8.26. The van der Waals surface area contributed by atoms with Gasteiger partial charge in [-0.05, 0) is 11.5 Å². The monoisotopic (exact) mass is 186 g/mol. The Morgan fingerprint density at radius 2 is 1.00 bits per heavy atom. The Bertz CT molecular complexity index is 108. The summed E-state index contributed by atoms with van der Waals surface area (Å²) in [6.45, 7) is 16.9. The standard InChI is InChI=1S/C11H26Si/c1-8(2)11(7)12(9(3)4)10(5)6/h8-12H,1-7H3. The summed E-state index contributed by atoms with van der Waals surface area (Å²) in [6.07, 6.45) is 0. The number of hydrogen-bond acceptors (Lipinski definition) is 0. The van der Waals surface area contributed by atoms with Crippen molar-refractivity contribution in [2.45, 2.75) is 65.1 Å². The summed E-state index contributed by atoms with van der Waals surface area (Å²) in [5.41, 5.74) is 2.91. The van der Waals surface area contributed by atoms with Crippen molar-refractivity contribution >= 4 is 8.80 Å². The zero-order valence-electron chi connectivity index (χ0n) is 9.89. The molecule has 0 aliphatic heterocycles. The van der Waals surface area contributed by atoms with Crippen LogP contribution in [0.2, 0.25) is 16.6 Å². The maximum atomic E-state index is 2.46. The molecule has 0 heterocycles. The maximum absolute atomic E-state index is 2.46. The fraction of sp³-hybridized carbons (Fsp3) is 1.00. The molecule has 1 heteroatoms. The lowest BCUT2D eigenvalue weighted by molar-refractivity contribution is 0.596. The highest BCUT2D eigenvalue weighted by Crippen LogP contribution is 2.34. The van der Waals surface area contributed by atoms with Gasteiger partial charge in [0.1, 0.15) is 0 Å². The Hall–Kier alpha value is 0.217. The van der Waals surface area contributed by atoms with Crippen LogP contribution in [-0.2, 0) is 0 Å². The van der Waals surface area contributed by atoms with Gasteiger partial charge in [-0.15, -0.1) is 0 Å². The molecule has 0 aliphatic carbocycles. The average molecular weight is 186 g/mol. The zero-order valence-corrected chi connectivity index (χ0v) is 11.0. The molecule has 0 N–H and O–H groups in total. The second-order valence-electron chi connectivity index (χ2n) is 5.17. The quantitative estimate of drug-likeness (QED) is 0.580. The van der Waals surface area contributed by atoms with Crippen LogP contribution in [0.3, 0.4) is 0 Å². The van der Waals surface area contributed by atoms with Crippen LogP contribution in [0.15, 0.2) is 0 Å². The Kier molecular flexibility index (Phi) is 5.15. The zero-order chi connectivity index (χ0) is 9.89. The van der Waals surface area contributed by atoms with Gasteiger partial charge in [-0.1, -0.05) is 59.5 Å². The van der Waals surface area contributed by atoms with Crippen LogP contribution in [0.25, 0.3) is 0 Å². The number of hydrogen-bond donors (Lipinski definition) is 0. The van der Waals surface area contributed by atoms with Crippen LogP contribution in [0.1, 0.15) is 48.5 Å². The minimum atomic E-state index is -0.532. The van der Waals surface area contributed by atoms with E-state index in [2.05, 4.69) is 48.5 Å². The normalized spacial score (nSPS) is 15.2. The first kappa shape index (κ1) is 12.2. The highest BCUT2D eigenvalue weighted by atomic mass is 28.3. The molecule has 74 valence electrons. The van der Waals surface area contributed by atoms with E-state index < -0.39 is 8.80 Å². The molecule has 0 radical (unpaired) electrons. The summed E-state index contributed by atoms with van der Waals surface area (Å²) < 4.78 is 0. The average Bonchev–Trinajstić information content (AvgIpc) is 1.85. The molecule has 0 amide bonds. The fourth-order valence-corrected chi connectivity index (χ4v) is 7.29. The molecule has 0 saturated heterocycles. The van der Waals surface area contributed by atoms with E-state index in [0.29, 0.717) is 0 Å². The van der Waals surface area contributed by atoms with Crippen molar-refractivity contribution in [3.8, 4) is 0 Å². The molecule has 0 fully saturated rings. The lowest BCUT2D eigenvalue weighted by Gasteiger charge is -2.32. The molecule has 1 unspecified atom stereocenters. The van der Waals surface area contributed by atoms with Gasteiger partial charge in [-0.3, -0.25) is 0 Å². The maximum Gasteiger partial charge on any atom is 0.0450 e. The summed E-state index contributed by atoms with van der Waals surface area (Å²) in [4.78, 5) is 0. The van der Waals surface area contributed by atoms with E-state index in [1.807, 2.05) is 0 Å². The molecule has 0 aliphatic rings. The van der Waals surface area contributed by atoms with Crippen LogP contribution in [0.4, 0.5) is 0 Å². The van der Waals surface area contributed by atoms with Gasteiger partial charge in [0.25, 0.3) is 0 Å². The third kappa shape index (κ3) is 3.30. The highest BCUT2D eigenvalue weighted by Gasteiger charge is 2.27. The lowest BCUT2D eigenvalue weighted by atomic mass is 10.1. The Morgan fingerprint density at radius 1 is 0.667 bits per heavy atom. The second-order valence-corrected chi connectivity index (χ2v) is 10.0. The highest BCUT2D eigenvalue weighted by molar-refractivity contribution is 6.63. The van der Waals surface area contributed by atoms with Crippen LogP contribution in [-0.4, -0.2) is 8.80 Å². The van der Waals surface area contributed by atoms with Gasteiger partial charge < -0.3 is 0 Å². The van der Waals surface area contributed by atoms with Crippen LogP contribution in [0, 0.1) is 5.92 Å². The molecule has 1 atom stereocenters. The third-order valence-electron chi connectivity index (χ3n) is 3.20. The van der Waals surface area contributed by atoms with Crippen LogP contribution >= 0.6 is 0 Å². The van der Waals surface area contributed by atoms with Gasteiger partial charge in [0.05, 0.1) is 0 Å². The molecule has 12 heavy (non-hydrogen) atoms. The van der Waals surface area contributed by atoms with E-state index in [1.165, 1.54) is 0 Å². The first-order valence-corrected chi connectivity index (χ1v) is 7.37. The topological polar surface area (TPSA) is 0 Å². The van der Waals surface area contributed by atoms with Gasteiger partial charge in [0.2, 0.25) is 0 Å². The summed E-state index contributed by atoms with van der Waals surface area (Å²) >= 11 is 0. The van der Waals surface area contributed by atoms with Gasteiger partial charge in [-0.2, -0.15) is 0 Å². The Morgan fingerprint density at radius 3 is 1.08 bits per heavy atom. The summed E-state index contributed by atoms with van der Waals surface area (Å²) in [7, 11) is -0.532. The van der Waals surface area contributed by atoms with Crippen molar-refractivity contribution in [2.75, 3.05) is 0 Å². The van der Waals surface area contributed by atoms with Crippen molar-refractivity contribution in [1.29, 1.82) is 0 Å². The summed E-state index contributed by atoms with van der Waals surface area (Å²) in [5, 5.41) is 0. The van der Waals surface area contributed by atoms with E-state index in [0.717, 1.165) is 22.5 Å². The van der Waals surface area contributed by atoms with E-state index in [-0.39, 0.29) is 0 Å². The Labute approximate surface area is 80.4 Å².